The number of alkyl halides is 3. The lowest BCUT2D eigenvalue weighted by molar-refractivity contribution is -0.123. The first kappa shape index (κ1) is 22.4. The maximum atomic E-state index is 13.0. The summed E-state index contributed by atoms with van der Waals surface area (Å²) < 4.78 is 37.6. The number of rotatable bonds is 6. The van der Waals surface area contributed by atoms with Crippen LogP contribution in [0.5, 0.6) is 0 Å². The van der Waals surface area contributed by atoms with Gasteiger partial charge in [0.05, 0.1) is 12.2 Å². The first-order valence-corrected chi connectivity index (χ1v) is 10.4. The molecular weight excluding hydrogens is 413 g/mol. The molecule has 1 aromatic heterocycles. The molecule has 3 rings (SSSR count). The van der Waals surface area contributed by atoms with E-state index >= 15 is 0 Å². The number of pyridine rings is 1. The number of hydrogen-bond acceptors (Lipinski definition) is 5. The summed E-state index contributed by atoms with van der Waals surface area (Å²) >= 11 is -0.165. The number of hydrogen-bond donors (Lipinski definition) is 1. The molecule has 0 radical (unpaired) electrons. The fourth-order valence-corrected chi connectivity index (χ4v) is 3.86. The van der Waals surface area contributed by atoms with Crippen LogP contribution in [0.25, 0.3) is 0 Å². The van der Waals surface area contributed by atoms with Crippen LogP contribution in [-0.2, 0) is 11.3 Å². The lowest BCUT2D eigenvalue weighted by Crippen LogP contribution is -2.43. The van der Waals surface area contributed by atoms with E-state index in [4.69, 9.17) is 0 Å². The van der Waals surface area contributed by atoms with Gasteiger partial charge in [0.25, 0.3) is 0 Å². The summed E-state index contributed by atoms with van der Waals surface area (Å²) in [4.78, 5) is 21.1. The minimum absolute atomic E-state index is 0.0895. The van der Waals surface area contributed by atoms with Crippen LogP contribution in [0.2, 0.25) is 0 Å². The van der Waals surface area contributed by atoms with Gasteiger partial charge >= 0.3 is 5.51 Å². The van der Waals surface area contributed by atoms with Crippen LogP contribution >= 0.6 is 11.8 Å². The molecule has 1 aliphatic rings. The summed E-state index contributed by atoms with van der Waals surface area (Å²) in [6.07, 6.45) is 1.74. The summed E-state index contributed by atoms with van der Waals surface area (Å²) in [5.74, 6) is 0.689. The van der Waals surface area contributed by atoms with Gasteiger partial charge in [-0.15, -0.1) is 0 Å². The maximum absolute atomic E-state index is 13.0. The molecule has 2 heterocycles. The highest BCUT2D eigenvalue weighted by molar-refractivity contribution is 8.00. The van der Waals surface area contributed by atoms with Gasteiger partial charge in [-0.25, -0.2) is 4.98 Å². The van der Waals surface area contributed by atoms with E-state index in [0.29, 0.717) is 18.9 Å². The Morgan fingerprint density at radius 1 is 1.20 bits per heavy atom. The zero-order valence-corrected chi connectivity index (χ0v) is 18.1. The highest BCUT2D eigenvalue weighted by Gasteiger charge is 2.45. The molecule has 1 saturated heterocycles. The van der Waals surface area contributed by atoms with E-state index in [1.807, 2.05) is 44.7 Å². The van der Waals surface area contributed by atoms with Crippen LogP contribution in [-0.4, -0.2) is 39.5 Å². The van der Waals surface area contributed by atoms with Gasteiger partial charge in [0.1, 0.15) is 5.82 Å². The first-order valence-electron chi connectivity index (χ1n) is 9.60. The number of aromatic nitrogens is 1. The number of carbonyl (C=O) groups is 1. The highest BCUT2D eigenvalue weighted by Crippen LogP contribution is 2.38. The Hall–Kier alpha value is -2.26. The van der Waals surface area contributed by atoms with Crippen molar-refractivity contribution in [1.82, 2.24) is 9.88 Å². The topological polar surface area (TPSA) is 48.5 Å². The van der Waals surface area contributed by atoms with Crippen molar-refractivity contribution in [3.63, 3.8) is 0 Å². The van der Waals surface area contributed by atoms with Crippen molar-refractivity contribution in [2.24, 2.45) is 0 Å². The standard InChI is InChI=1S/C21H25F3N4OS/c1-14(2)26-18-11-15(9-10-25-18)12-27-13-28(19(29)20(27,3)4)16-5-7-17(8-6-16)30-21(22,23)24/h5-11,14H,12-13H2,1-4H3,(H,25,26). The summed E-state index contributed by atoms with van der Waals surface area (Å²) in [6.45, 7) is 8.69. The molecule has 0 spiro atoms. The third-order valence-corrected chi connectivity index (χ3v) is 5.63. The number of amides is 1. The second-order valence-corrected chi connectivity index (χ2v) is 9.16. The normalized spacial score (nSPS) is 17.1. The van der Waals surface area contributed by atoms with E-state index in [-0.39, 0.29) is 28.6 Å². The highest BCUT2D eigenvalue weighted by atomic mass is 32.2. The number of nitrogens with one attached hydrogen (secondary N) is 1. The van der Waals surface area contributed by atoms with Gasteiger partial charge < -0.3 is 5.32 Å². The van der Waals surface area contributed by atoms with Crippen molar-refractivity contribution in [3.05, 3.63) is 48.2 Å². The average molecular weight is 439 g/mol. The van der Waals surface area contributed by atoms with Crippen LogP contribution < -0.4 is 10.2 Å². The van der Waals surface area contributed by atoms with E-state index in [1.54, 1.807) is 23.2 Å². The van der Waals surface area contributed by atoms with Gasteiger partial charge in [-0.3, -0.25) is 14.6 Å². The molecule has 1 amide bonds. The monoisotopic (exact) mass is 438 g/mol. The molecule has 1 N–H and O–H groups in total. The number of carbonyl (C=O) groups excluding carboxylic acids is 1. The van der Waals surface area contributed by atoms with Gasteiger partial charge in [-0.2, -0.15) is 13.2 Å². The van der Waals surface area contributed by atoms with E-state index in [0.717, 1.165) is 11.4 Å². The van der Waals surface area contributed by atoms with E-state index in [9.17, 15) is 18.0 Å². The van der Waals surface area contributed by atoms with Crippen molar-refractivity contribution in [1.29, 1.82) is 0 Å². The quantitative estimate of drug-likeness (QED) is 0.636. The predicted octanol–water partition coefficient (Wildman–Crippen LogP) is 5.10. The first-order chi connectivity index (χ1) is 14.0. The fourth-order valence-electron chi connectivity index (χ4n) is 3.32. The minimum atomic E-state index is -4.34. The molecule has 30 heavy (non-hydrogen) atoms. The molecule has 2 aromatic rings. The summed E-state index contributed by atoms with van der Waals surface area (Å²) in [7, 11) is 0. The Bertz CT molecular complexity index is 900. The second kappa shape index (κ2) is 8.47. The Balaban J connectivity index is 1.76. The Morgan fingerprint density at radius 2 is 1.87 bits per heavy atom. The predicted molar refractivity (Wildman–Crippen MR) is 113 cm³/mol. The van der Waals surface area contributed by atoms with Crippen molar-refractivity contribution >= 4 is 29.2 Å². The molecule has 0 unspecified atom stereocenters. The van der Waals surface area contributed by atoms with Crippen LogP contribution in [0.15, 0.2) is 47.5 Å². The summed E-state index contributed by atoms with van der Waals surface area (Å²) in [5.41, 5.74) is -3.47. The van der Waals surface area contributed by atoms with E-state index < -0.39 is 11.0 Å². The number of anilines is 2. The molecule has 1 fully saturated rings. The molecular formula is C21H25F3N4OS. The van der Waals surface area contributed by atoms with Crippen LogP contribution in [0.1, 0.15) is 33.3 Å². The van der Waals surface area contributed by atoms with E-state index in [1.165, 1.54) is 12.1 Å². The van der Waals surface area contributed by atoms with Gasteiger partial charge in [-0.05, 0) is 81.4 Å². The average Bonchev–Trinajstić information content (AvgIpc) is 2.84. The molecule has 5 nitrogen and oxygen atoms in total. The summed E-state index contributed by atoms with van der Waals surface area (Å²) in [5, 5.41) is 3.27. The third kappa shape index (κ3) is 5.26. The molecule has 1 aromatic carbocycles. The van der Waals surface area contributed by atoms with Gasteiger partial charge in [0, 0.05) is 29.4 Å². The van der Waals surface area contributed by atoms with Gasteiger partial charge in [-0.1, -0.05) is 0 Å². The lowest BCUT2D eigenvalue weighted by atomic mass is 10.0. The van der Waals surface area contributed by atoms with Crippen molar-refractivity contribution < 1.29 is 18.0 Å². The van der Waals surface area contributed by atoms with Crippen molar-refractivity contribution in [2.45, 2.75) is 56.2 Å². The van der Waals surface area contributed by atoms with Crippen LogP contribution in [0.3, 0.4) is 0 Å². The van der Waals surface area contributed by atoms with Crippen LogP contribution in [0, 0.1) is 0 Å². The fraction of sp³-hybridized carbons (Fsp3) is 0.429. The minimum Gasteiger partial charge on any atom is -0.368 e. The Kier molecular flexibility index (Phi) is 6.33. The maximum Gasteiger partial charge on any atom is 0.446 e. The second-order valence-electron chi connectivity index (χ2n) is 8.02. The zero-order valence-electron chi connectivity index (χ0n) is 17.3. The van der Waals surface area contributed by atoms with E-state index in [2.05, 4.69) is 10.3 Å². The smallest absolute Gasteiger partial charge is 0.368 e. The molecule has 162 valence electrons. The molecule has 1 aliphatic heterocycles. The number of nitrogens with zero attached hydrogens (tertiary/aromatic N) is 3. The molecule has 0 bridgehead atoms. The molecule has 0 aliphatic carbocycles. The number of benzene rings is 1. The Labute approximate surface area is 178 Å². The zero-order chi connectivity index (χ0) is 22.1. The molecule has 9 heteroatoms. The van der Waals surface area contributed by atoms with Gasteiger partial charge in [0.15, 0.2) is 0 Å². The van der Waals surface area contributed by atoms with Crippen molar-refractivity contribution in [2.75, 3.05) is 16.9 Å². The molecule has 0 saturated carbocycles. The lowest BCUT2D eigenvalue weighted by Gasteiger charge is -2.27. The summed E-state index contributed by atoms with van der Waals surface area (Å²) in [6, 6.07) is 10.0. The van der Waals surface area contributed by atoms with Crippen molar-refractivity contribution in [3.8, 4) is 0 Å². The Morgan fingerprint density at radius 3 is 2.47 bits per heavy atom. The largest absolute Gasteiger partial charge is 0.446 e. The molecule has 0 atom stereocenters. The van der Waals surface area contributed by atoms with Crippen LogP contribution in [0.4, 0.5) is 24.7 Å². The SMILES string of the molecule is CC(C)Nc1cc(CN2CN(c3ccc(SC(F)(F)F)cc3)C(=O)C2(C)C)ccn1. The number of halogens is 3. The number of thioether (sulfide) groups is 1. The van der Waals surface area contributed by atoms with Gasteiger partial charge in [0.2, 0.25) is 5.91 Å². The third-order valence-electron chi connectivity index (χ3n) is 4.89.